The number of aryl methyl sites for hydroxylation is 1. The second-order valence-corrected chi connectivity index (χ2v) is 9.38. The summed E-state index contributed by atoms with van der Waals surface area (Å²) in [5, 5.41) is 17.7. The van der Waals surface area contributed by atoms with Crippen LogP contribution in [0.5, 0.6) is 0 Å². The van der Waals surface area contributed by atoms with Gasteiger partial charge in [-0.1, -0.05) is 29.8 Å². The quantitative estimate of drug-likeness (QED) is 0.555. The molecule has 0 spiro atoms. The van der Waals surface area contributed by atoms with E-state index in [0.29, 0.717) is 24.4 Å². The third kappa shape index (κ3) is 6.51. The number of nitrogens with zero attached hydrogens (tertiary/aromatic N) is 1. The minimum atomic E-state index is -4.66. The molecule has 3 rings (SSSR count). The van der Waals surface area contributed by atoms with Crippen LogP contribution in [0.2, 0.25) is 0 Å². The van der Waals surface area contributed by atoms with E-state index in [4.69, 9.17) is 0 Å². The smallest absolute Gasteiger partial charge is 0.380 e. The van der Waals surface area contributed by atoms with Crippen LogP contribution >= 0.6 is 11.3 Å². The monoisotopic (exact) mass is 455 g/mol. The Balaban J connectivity index is 1.42. The number of hydrogen-bond acceptors (Lipinski definition) is 5. The molecule has 1 atom stereocenters. The van der Waals surface area contributed by atoms with Crippen molar-refractivity contribution in [2.75, 3.05) is 11.9 Å². The SMILES string of the molecule is Cc1ccc(-c2csc(NC(=O)CC3CCC(NCC(C)(O)C(F)(F)F)CC3)n2)cc1. The molecule has 0 aliphatic heterocycles. The van der Waals surface area contributed by atoms with E-state index >= 15 is 0 Å². The van der Waals surface area contributed by atoms with Gasteiger partial charge in [-0.25, -0.2) is 4.98 Å². The molecule has 1 aromatic heterocycles. The van der Waals surface area contributed by atoms with Gasteiger partial charge in [-0.2, -0.15) is 13.2 Å². The standard InChI is InChI=1S/C22H28F3N3O2S/c1-14-3-7-16(8-4-14)18-12-31-20(27-18)28-19(29)11-15-5-9-17(10-6-15)26-13-21(2,30)22(23,24)25/h3-4,7-8,12,15,17,26,30H,5-6,9-11,13H2,1-2H3,(H,27,28,29). The Morgan fingerprint density at radius 2 is 1.84 bits per heavy atom. The molecular weight excluding hydrogens is 427 g/mol. The highest BCUT2D eigenvalue weighted by atomic mass is 32.1. The lowest BCUT2D eigenvalue weighted by Crippen LogP contribution is -2.52. The van der Waals surface area contributed by atoms with Gasteiger partial charge in [0.25, 0.3) is 0 Å². The minimum Gasteiger partial charge on any atom is -0.380 e. The maximum Gasteiger partial charge on any atom is 0.418 e. The molecule has 1 aliphatic carbocycles. The molecule has 0 radical (unpaired) electrons. The van der Waals surface area contributed by atoms with Gasteiger partial charge >= 0.3 is 6.18 Å². The molecule has 1 saturated carbocycles. The summed E-state index contributed by atoms with van der Waals surface area (Å²) in [4.78, 5) is 16.9. The van der Waals surface area contributed by atoms with Crippen LogP contribution in [0.15, 0.2) is 29.6 Å². The molecule has 0 saturated heterocycles. The summed E-state index contributed by atoms with van der Waals surface area (Å²) < 4.78 is 38.2. The highest BCUT2D eigenvalue weighted by Gasteiger charge is 2.49. The first-order valence-electron chi connectivity index (χ1n) is 10.4. The van der Waals surface area contributed by atoms with Crippen LogP contribution in [0.25, 0.3) is 11.3 Å². The van der Waals surface area contributed by atoms with Gasteiger partial charge in [0.1, 0.15) is 0 Å². The number of rotatable bonds is 7. The van der Waals surface area contributed by atoms with Crippen molar-refractivity contribution in [3.05, 3.63) is 35.2 Å². The maximum atomic E-state index is 12.7. The summed E-state index contributed by atoms with van der Waals surface area (Å²) in [5.41, 5.74) is 0.247. The summed E-state index contributed by atoms with van der Waals surface area (Å²) in [6.45, 7) is 2.27. The van der Waals surface area contributed by atoms with E-state index in [-0.39, 0.29) is 17.9 Å². The third-order valence-electron chi connectivity index (χ3n) is 5.76. The second kappa shape index (κ2) is 9.67. The highest BCUT2D eigenvalue weighted by Crippen LogP contribution is 2.31. The van der Waals surface area contributed by atoms with Crippen molar-refractivity contribution < 1.29 is 23.1 Å². The van der Waals surface area contributed by atoms with Gasteiger partial charge in [0.05, 0.1) is 5.69 Å². The summed E-state index contributed by atoms with van der Waals surface area (Å²) in [6.07, 6.45) is -1.42. The van der Waals surface area contributed by atoms with Gasteiger partial charge in [0.2, 0.25) is 5.91 Å². The van der Waals surface area contributed by atoms with Crippen LogP contribution in [-0.4, -0.2) is 40.4 Å². The molecule has 2 aromatic rings. The molecule has 31 heavy (non-hydrogen) atoms. The molecule has 1 heterocycles. The lowest BCUT2D eigenvalue weighted by molar-refractivity contribution is -0.250. The van der Waals surface area contributed by atoms with E-state index in [1.165, 1.54) is 16.9 Å². The number of hydrogen-bond donors (Lipinski definition) is 3. The van der Waals surface area contributed by atoms with Crippen molar-refractivity contribution in [1.29, 1.82) is 0 Å². The van der Waals surface area contributed by atoms with Crippen molar-refractivity contribution in [2.24, 2.45) is 5.92 Å². The number of benzene rings is 1. The minimum absolute atomic E-state index is 0.0795. The van der Waals surface area contributed by atoms with Crippen molar-refractivity contribution >= 4 is 22.4 Å². The first-order chi connectivity index (χ1) is 14.5. The topological polar surface area (TPSA) is 74.2 Å². The zero-order valence-corrected chi connectivity index (χ0v) is 18.4. The maximum absolute atomic E-state index is 12.7. The summed E-state index contributed by atoms with van der Waals surface area (Å²) in [7, 11) is 0. The predicted molar refractivity (Wildman–Crippen MR) is 116 cm³/mol. The number of carbonyl (C=O) groups is 1. The Bertz CT molecular complexity index is 873. The number of carbonyl (C=O) groups excluding carboxylic acids is 1. The fourth-order valence-corrected chi connectivity index (χ4v) is 4.37. The summed E-state index contributed by atoms with van der Waals surface area (Å²) in [6, 6.07) is 7.95. The second-order valence-electron chi connectivity index (χ2n) is 8.53. The largest absolute Gasteiger partial charge is 0.418 e. The fraction of sp³-hybridized carbons (Fsp3) is 0.545. The molecule has 170 valence electrons. The molecule has 1 amide bonds. The Hall–Kier alpha value is -1.97. The number of anilines is 1. The predicted octanol–water partition coefficient (Wildman–Crippen LogP) is 4.91. The van der Waals surface area contributed by atoms with Gasteiger partial charge in [-0.3, -0.25) is 4.79 Å². The van der Waals surface area contributed by atoms with Crippen molar-refractivity contribution in [1.82, 2.24) is 10.3 Å². The number of amides is 1. The van der Waals surface area contributed by atoms with E-state index in [9.17, 15) is 23.1 Å². The molecule has 0 bridgehead atoms. The molecular formula is C22H28F3N3O2S. The Labute approximate surface area is 184 Å². The lowest BCUT2D eigenvalue weighted by atomic mass is 9.83. The molecule has 1 aliphatic rings. The molecule has 3 N–H and O–H groups in total. The van der Waals surface area contributed by atoms with Gasteiger partial charge < -0.3 is 15.7 Å². The van der Waals surface area contributed by atoms with Gasteiger partial charge in [-0.15, -0.1) is 11.3 Å². The molecule has 9 heteroatoms. The average Bonchev–Trinajstić information content (AvgIpc) is 3.15. The van der Waals surface area contributed by atoms with Gasteiger partial charge in [-0.05, 0) is 45.4 Å². The third-order valence-corrected chi connectivity index (χ3v) is 6.52. The average molecular weight is 456 g/mol. The van der Waals surface area contributed by atoms with Crippen LogP contribution in [0.4, 0.5) is 18.3 Å². The van der Waals surface area contributed by atoms with E-state index < -0.39 is 18.3 Å². The zero-order chi connectivity index (χ0) is 22.6. The first-order valence-corrected chi connectivity index (χ1v) is 11.3. The molecule has 1 fully saturated rings. The van der Waals surface area contributed by atoms with Gasteiger partial charge in [0.15, 0.2) is 10.7 Å². The Kier molecular flexibility index (Phi) is 7.39. The van der Waals surface area contributed by atoms with Crippen LogP contribution in [0, 0.1) is 12.8 Å². The summed E-state index contributed by atoms with van der Waals surface area (Å²) in [5.74, 6) is 0.0962. The molecule has 1 aromatic carbocycles. The zero-order valence-electron chi connectivity index (χ0n) is 17.6. The van der Waals surface area contributed by atoms with Crippen LogP contribution in [-0.2, 0) is 4.79 Å². The number of aliphatic hydroxyl groups is 1. The number of alkyl halides is 3. The highest BCUT2D eigenvalue weighted by molar-refractivity contribution is 7.14. The molecule has 5 nitrogen and oxygen atoms in total. The first kappa shape index (κ1) is 23.7. The van der Waals surface area contributed by atoms with Crippen molar-refractivity contribution in [2.45, 2.75) is 63.8 Å². The number of nitrogens with one attached hydrogen (secondary N) is 2. The number of thiazole rings is 1. The normalized spacial score (nSPS) is 21.5. The number of halogens is 3. The van der Waals surface area contributed by atoms with Crippen LogP contribution < -0.4 is 10.6 Å². The van der Waals surface area contributed by atoms with E-state index in [2.05, 4.69) is 15.6 Å². The van der Waals surface area contributed by atoms with Crippen LogP contribution in [0.1, 0.15) is 44.6 Å². The van der Waals surface area contributed by atoms with E-state index in [0.717, 1.165) is 31.0 Å². The number of aromatic nitrogens is 1. The lowest BCUT2D eigenvalue weighted by Gasteiger charge is -2.32. The Morgan fingerprint density at radius 1 is 1.19 bits per heavy atom. The summed E-state index contributed by atoms with van der Waals surface area (Å²) >= 11 is 1.38. The fourth-order valence-electron chi connectivity index (χ4n) is 3.63. The van der Waals surface area contributed by atoms with Crippen molar-refractivity contribution in [3.8, 4) is 11.3 Å². The van der Waals surface area contributed by atoms with Crippen molar-refractivity contribution in [3.63, 3.8) is 0 Å². The van der Waals surface area contributed by atoms with Gasteiger partial charge in [0, 0.05) is 30.0 Å². The van der Waals surface area contributed by atoms with E-state index in [1.54, 1.807) is 0 Å². The molecule has 1 unspecified atom stereocenters. The Morgan fingerprint density at radius 3 is 2.45 bits per heavy atom. The van der Waals surface area contributed by atoms with E-state index in [1.807, 2.05) is 36.6 Å². The van der Waals surface area contributed by atoms with Crippen LogP contribution in [0.3, 0.4) is 0 Å².